The fourth-order valence-corrected chi connectivity index (χ4v) is 4.97. The van der Waals surface area contributed by atoms with E-state index >= 15 is 0 Å². The molecule has 0 aliphatic carbocycles. The van der Waals surface area contributed by atoms with Gasteiger partial charge in [0.2, 0.25) is 0 Å². The highest BCUT2D eigenvalue weighted by atomic mass is 32.2. The van der Waals surface area contributed by atoms with Crippen LogP contribution < -0.4 is 9.04 Å². The van der Waals surface area contributed by atoms with Gasteiger partial charge in [0.05, 0.1) is 19.3 Å². The van der Waals surface area contributed by atoms with Gasteiger partial charge in [-0.15, -0.1) is 11.3 Å². The van der Waals surface area contributed by atoms with E-state index in [4.69, 9.17) is 4.74 Å². The summed E-state index contributed by atoms with van der Waals surface area (Å²) >= 11 is 1.21. The summed E-state index contributed by atoms with van der Waals surface area (Å²) in [5.41, 5.74) is 1.43. The van der Waals surface area contributed by atoms with Crippen molar-refractivity contribution in [2.24, 2.45) is 0 Å². The number of rotatable bonds is 6. The van der Waals surface area contributed by atoms with Gasteiger partial charge >= 0.3 is 0 Å². The molecule has 6 heteroatoms. The number of sulfonamides is 1. The van der Waals surface area contributed by atoms with E-state index in [0.717, 1.165) is 5.56 Å². The smallest absolute Gasteiger partial charge is 0.274 e. The van der Waals surface area contributed by atoms with E-state index in [1.54, 1.807) is 35.7 Å². The minimum absolute atomic E-state index is 0.238. The van der Waals surface area contributed by atoms with Crippen LogP contribution in [0.3, 0.4) is 0 Å². The molecule has 0 bridgehead atoms. The van der Waals surface area contributed by atoms with Gasteiger partial charge in [-0.2, -0.15) is 0 Å². The van der Waals surface area contributed by atoms with Crippen LogP contribution in [-0.2, 0) is 16.6 Å². The highest BCUT2D eigenvalue weighted by Crippen LogP contribution is 2.34. The summed E-state index contributed by atoms with van der Waals surface area (Å²) in [5, 5.41) is 1.76. The molecule has 0 saturated carbocycles. The molecule has 0 unspecified atom stereocenters. The Kier molecular flexibility index (Phi) is 4.87. The number of ether oxygens (including phenoxy) is 1. The highest BCUT2D eigenvalue weighted by molar-refractivity contribution is 7.94. The Hall–Kier alpha value is -2.31. The van der Waals surface area contributed by atoms with Crippen LogP contribution in [0.5, 0.6) is 5.75 Å². The topological polar surface area (TPSA) is 46.6 Å². The predicted octanol–water partition coefficient (Wildman–Crippen LogP) is 4.15. The third kappa shape index (κ3) is 3.29. The van der Waals surface area contributed by atoms with Gasteiger partial charge in [-0.3, -0.25) is 4.31 Å². The number of nitrogens with zero attached hydrogens (tertiary/aromatic N) is 1. The SMILES string of the molecule is COc1ccccc1N(Cc1ccccc1)S(=O)(=O)c1cccs1. The number of para-hydroxylation sites is 2. The molecule has 0 fully saturated rings. The summed E-state index contributed by atoms with van der Waals surface area (Å²) in [4.78, 5) is 0. The summed E-state index contributed by atoms with van der Waals surface area (Å²) in [7, 11) is -2.13. The number of benzene rings is 2. The second kappa shape index (κ2) is 7.07. The quantitative estimate of drug-likeness (QED) is 0.664. The molecule has 0 spiro atoms. The van der Waals surface area contributed by atoms with Crippen LogP contribution in [0, 0.1) is 0 Å². The molecule has 24 heavy (non-hydrogen) atoms. The van der Waals surface area contributed by atoms with Crippen LogP contribution in [0.25, 0.3) is 0 Å². The molecule has 1 aromatic heterocycles. The molecule has 0 saturated heterocycles. The van der Waals surface area contributed by atoms with Gasteiger partial charge in [-0.25, -0.2) is 8.42 Å². The molecule has 1 heterocycles. The van der Waals surface area contributed by atoms with Crippen LogP contribution in [0.15, 0.2) is 76.3 Å². The zero-order valence-electron chi connectivity index (χ0n) is 13.1. The first kappa shape index (κ1) is 16.5. The van der Waals surface area contributed by atoms with Gasteiger partial charge in [-0.1, -0.05) is 48.5 Å². The van der Waals surface area contributed by atoms with E-state index in [0.29, 0.717) is 15.6 Å². The molecular formula is C18H17NO3S2. The lowest BCUT2D eigenvalue weighted by Crippen LogP contribution is -2.30. The fourth-order valence-electron chi connectivity index (χ4n) is 2.40. The summed E-state index contributed by atoms with van der Waals surface area (Å²) in [6.45, 7) is 0.238. The van der Waals surface area contributed by atoms with Crippen molar-refractivity contribution in [2.45, 2.75) is 10.8 Å². The van der Waals surface area contributed by atoms with E-state index in [1.807, 2.05) is 36.4 Å². The van der Waals surface area contributed by atoms with Crippen LogP contribution in [0.4, 0.5) is 5.69 Å². The van der Waals surface area contributed by atoms with Crippen molar-refractivity contribution in [1.29, 1.82) is 0 Å². The van der Waals surface area contributed by atoms with Gasteiger partial charge in [0.1, 0.15) is 9.96 Å². The third-order valence-electron chi connectivity index (χ3n) is 3.56. The van der Waals surface area contributed by atoms with Crippen molar-refractivity contribution in [2.75, 3.05) is 11.4 Å². The Morgan fingerprint density at radius 3 is 2.33 bits per heavy atom. The first-order valence-corrected chi connectivity index (χ1v) is 9.68. The van der Waals surface area contributed by atoms with Gasteiger partial charge in [0.25, 0.3) is 10.0 Å². The van der Waals surface area contributed by atoms with Crippen LogP contribution in [0.2, 0.25) is 0 Å². The molecule has 0 amide bonds. The Labute approximate surface area is 146 Å². The largest absolute Gasteiger partial charge is 0.495 e. The van der Waals surface area contributed by atoms with Crippen molar-refractivity contribution in [3.63, 3.8) is 0 Å². The maximum atomic E-state index is 13.1. The molecule has 3 aromatic rings. The van der Waals surface area contributed by atoms with Crippen LogP contribution in [0.1, 0.15) is 5.56 Å². The van der Waals surface area contributed by atoms with Crippen molar-refractivity contribution in [3.8, 4) is 5.75 Å². The summed E-state index contributed by atoms with van der Waals surface area (Å²) in [6, 6.07) is 20.0. The molecule has 124 valence electrons. The van der Waals surface area contributed by atoms with Crippen LogP contribution in [-0.4, -0.2) is 15.5 Å². The molecule has 0 radical (unpaired) electrons. The van der Waals surface area contributed by atoms with Gasteiger partial charge in [0, 0.05) is 0 Å². The minimum atomic E-state index is -3.67. The molecule has 0 aliphatic rings. The number of hydrogen-bond acceptors (Lipinski definition) is 4. The lowest BCUT2D eigenvalue weighted by atomic mass is 10.2. The molecule has 0 N–H and O–H groups in total. The summed E-state index contributed by atoms with van der Waals surface area (Å²) in [5.74, 6) is 0.522. The lowest BCUT2D eigenvalue weighted by molar-refractivity contribution is 0.415. The predicted molar refractivity (Wildman–Crippen MR) is 97.1 cm³/mol. The van der Waals surface area contributed by atoms with Crippen molar-refractivity contribution in [1.82, 2.24) is 0 Å². The number of thiophene rings is 1. The highest BCUT2D eigenvalue weighted by Gasteiger charge is 2.28. The second-order valence-electron chi connectivity index (χ2n) is 5.10. The maximum Gasteiger partial charge on any atom is 0.274 e. The maximum absolute atomic E-state index is 13.1. The van der Waals surface area contributed by atoms with Crippen molar-refractivity contribution < 1.29 is 13.2 Å². The molecule has 0 aliphatic heterocycles. The molecule has 3 rings (SSSR count). The molecule has 2 aromatic carbocycles. The Morgan fingerprint density at radius 2 is 1.67 bits per heavy atom. The summed E-state index contributed by atoms with van der Waals surface area (Å²) in [6.07, 6.45) is 0. The number of anilines is 1. The summed E-state index contributed by atoms with van der Waals surface area (Å²) < 4.78 is 33.4. The van der Waals surface area contributed by atoms with Gasteiger partial charge in [0.15, 0.2) is 0 Å². The Bertz CT molecular complexity index is 891. The van der Waals surface area contributed by atoms with Crippen LogP contribution >= 0.6 is 11.3 Å². The van der Waals surface area contributed by atoms with Gasteiger partial charge in [-0.05, 0) is 29.1 Å². The minimum Gasteiger partial charge on any atom is -0.495 e. The fraction of sp³-hybridized carbons (Fsp3) is 0.111. The first-order valence-electron chi connectivity index (χ1n) is 7.36. The second-order valence-corrected chi connectivity index (χ2v) is 8.14. The Morgan fingerprint density at radius 1 is 0.958 bits per heavy atom. The third-order valence-corrected chi connectivity index (χ3v) is 6.70. The first-order chi connectivity index (χ1) is 11.6. The average molecular weight is 359 g/mol. The molecule has 0 atom stereocenters. The van der Waals surface area contributed by atoms with E-state index < -0.39 is 10.0 Å². The average Bonchev–Trinajstić information content (AvgIpc) is 3.16. The standard InChI is InChI=1S/C18H17NO3S2/c1-22-17-11-6-5-10-16(17)19(14-15-8-3-2-4-9-15)24(20,21)18-12-7-13-23-18/h2-13H,14H2,1H3. The van der Waals surface area contributed by atoms with E-state index in [2.05, 4.69) is 0 Å². The Balaban J connectivity index is 2.11. The van der Waals surface area contributed by atoms with Crippen molar-refractivity contribution >= 4 is 27.0 Å². The van der Waals surface area contributed by atoms with E-state index in [-0.39, 0.29) is 6.54 Å². The van der Waals surface area contributed by atoms with E-state index in [1.165, 1.54) is 22.8 Å². The molecule has 4 nitrogen and oxygen atoms in total. The van der Waals surface area contributed by atoms with Gasteiger partial charge < -0.3 is 4.74 Å². The number of hydrogen-bond donors (Lipinski definition) is 0. The molecular weight excluding hydrogens is 342 g/mol. The van der Waals surface area contributed by atoms with Crippen molar-refractivity contribution in [3.05, 3.63) is 77.7 Å². The normalized spacial score (nSPS) is 11.2. The number of methoxy groups -OCH3 is 1. The van der Waals surface area contributed by atoms with E-state index in [9.17, 15) is 8.42 Å². The monoisotopic (exact) mass is 359 g/mol. The zero-order chi connectivity index (χ0) is 17.0. The zero-order valence-corrected chi connectivity index (χ0v) is 14.8. The lowest BCUT2D eigenvalue weighted by Gasteiger charge is -2.25.